The van der Waals surface area contributed by atoms with Gasteiger partial charge in [-0.1, -0.05) is 26.0 Å². The zero-order chi connectivity index (χ0) is 18.7. The molecule has 1 aliphatic carbocycles. The van der Waals surface area contributed by atoms with Gasteiger partial charge in [-0.2, -0.15) is 0 Å². The van der Waals surface area contributed by atoms with Crippen LogP contribution in [0.4, 0.5) is 4.39 Å². The normalized spacial score (nSPS) is 28.3. The van der Waals surface area contributed by atoms with Crippen LogP contribution in [0.1, 0.15) is 56.3 Å². The first-order valence-electron chi connectivity index (χ1n) is 9.48. The minimum atomic E-state index is -0.805. The Morgan fingerprint density at radius 3 is 2.65 bits per heavy atom. The standard InChI is InChI=1S/C20H27FN2O3/c1-3-12-22-18(24)17-13-26-20(10-8-14(2)9-11-20)23(17)19(25)15-6-4-5-7-16(15)21/h4-7,14,17H,3,8-13H2,1-2H3,(H,22,24). The van der Waals surface area contributed by atoms with Crippen LogP contribution >= 0.6 is 0 Å². The number of hydrogen-bond acceptors (Lipinski definition) is 3. The fourth-order valence-electron chi connectivity index (χ4n) is 3.91. The van der Waals surface area contributed by atoms with Gasteiger partial charge >= 0.3 is 0 Å². The lowest BCUT2D eigenvalue weighted by molar-refractivity contribution is -0.127. The summed E-state index contributed by atoms with van der Waals surface area (Å²) >= 11 is 0. The predicted octanol–water partition coefficient (Wildman–Crippen LogP) is 3.10. The van der Waals surface area contributed by atoms with Crippen molar-refractivity contribution in [2.75, 3.05) is 13.2 Å². The number of carbonyl (C=O) groups excluding carboxylic acids is 2. The van der Waals surface area contributed by atoms with Gasteiger partial charge in [0.1, 0.15) is 17.6 Å². The molecule has 2 amide bonds. The first-order valence-corrected chi connectivity index (χ1v) is 9.48. The van der Waals surface area contributed by atoms with Gasteiger partial charge in [-0.15, -0.1) is 0 Å². The van der Waals surface area contributed by atoms with Crippen molar-refractivity contribution in [1.29, 1.82) is 0 Å². The maximum Gasteiger partial charge on any atom is 0.259 e. The summed E-state index contributed by atoms with van der Waals surface area (Å²) in [4.78, 5) is 27.4. The van der Waals surface area contributed by atoms with E-state index in [1.54, 1.807) is 12.1 Å². The van der Waals surface area contributed by atoms with E-state index in [0.717, 1.165) is 19.3 Å². The van der Waals surface area contributed by atoms with E-state index < -0.39 is 23.5 Å². The Hall–Kier alpha value is -1.95. The number of halogens is 1. The minimum absolute atomic E-state index is 0.00992. The van der Waals surface area contributed by atoms with Crippen LogP contribution in [-0.2, 0) is 9.53 Å². The smallest absolute Gasteiger partial charge is 0.259 e. The highest BCUT2D eigenvalue weighted by Crippen LogP contribution is 2.43. The van der Waals surface area contributed by atoms with Gasteiger partial charge in [-0.05, 0) is 50.2 Å². The molecule has 26 heavy (non-hydrogen) atoms. The molecule has 1 N–H and O–H groups in total. The molecule has 2 fully saturated rings. The summed E-state index contributed by atoms with van der Waals surface area (Å²) in [5, 5.41) is 2.85. The molecule has 1 heterocycles. The number of hydrogen-bond donors (Lipinski definition) is 1. The summed E-state index contributed by atoms with van der Waals surface area (Å²) in [5.41, 5.74) is -0.815. The zero-order valence-corrected chi connectivity index (χ0v) is 15.5. The van der Waals surface area contributed by atoms with Gasteiger partial charge in [0.2, 0.25) is 5.91 Å². The van der Waals surface area contributed by atoms with Crippen LogP contribution in [0.15, 0.2) is 24.3 Å². The number of rotatable bonds is 4. The molecule has 6 heteroatoms. The molecule has 1 spiro atoms. The van der Waals surface area contributed by atoms with Crippen molar-refractivity contribution >= 4 is 11.8 Å². The van der Waals surface area contributed by atoms with E-state index in [4.69, 9.17) is 4.74 Å². The topological polar surface area (TPSA) is 58.6 Å². The lowest BCUT2D eigenvalue weighted by Gasteiger charge is -2.43. The van der Waals surface area contributed by atoms with E-state index in [2.05, 4.69) is 12.2 Å². The summed E-state index contributed by atoms with van der Waals surface area (Å²) in [7, 11) is 0. The van der Waals surface area contributed by atoms with Crippen LogP contribution in [-0.4, -0.2) is 41.6 Å². The maximum atomic E-state index is 14.3. The molecule has 0 bridgehead atoms. The lowest BCUT2D eigenvalue weighted by Crippen LogP contribution is -2.57. The number of nitrogens with zero attached hydrogens (tertiary/aromatic N) is 1. The fourth-order valence-corrected chi connectivity index (χ4v) is 3.91. The molecule has 3 rings (SSSR count). The summed E-state index contributed by atoms with van der Waals surface area (Å²) < 4.78 is 20.3. The molecule has 1 saturated carbocycles. The molecule has 1 aromatic rings. The molecule has 2 aliphatic rings. The molecule has 1 atom stereocenters. The number of benzene rings is 1. The van der Waals surface area contributed by atoms with E-state index in [0.29, 0.717) is 25.3 Å². The van der Waals surface area contributed by atoms with Crippen molar-refractivity contribution in [2.24, 2.45) is 5.92 Å². The molecule has 1 unspecified atom stereocenters. The van der Waals surface area contributed by atoms with E-state index in [9.17, 15) is 14.0 Å². The van der Waals surface area contributed by atoms with E-state index in [-0.39, 0.29) is 18.1 Å². The molecule has 1 saturated heterocycles. The van der Waals surface area contributed by atoms with Crippen LogP contribution in [0, 0.1) is 11.7 Å². The molecular weight excluding hydrogens is 335 g/mol. The second kappa shape index (κ2) is 7.74. The van der Waals surface area contributed by atoms with Crippen molar-refractivity contribution in [2.45, 2.75) is 57.7 Å². The van der Waals surface area contributed by atoms with Gasteiger partial charge in [-0.25, -0.2) is 4.39 Å². The Kier molecular flexibility index (Phi) is 5.61. The number of nitrogens with one attached hydrogen (secondary N) is 1. The van der Waals surface area contributed by atoms with Crippen molar-refractivity contribution in [3.05, 3.63) is 35.6 Å². The van der Waals surface area contributed by atoms with Crippen molar-refractivity contribution in [3.8, 4) is 0 Å². The van der Waals surface area contributed by atoms with Gasteiger partial charge in [0.25, 0.3) is 5.91 Å². The summed E-state index contributed by atoms with van der Waals surface area (Å²) in [6.45, 7) is 4.85. The Morgan fingerprint density at radius 2 is 2.00 bits per heavy atom. The van der Waals surface area contributed by atoms with Crippen molar-refractivity contribution in [3.63, 3.8) is 0 Å². The number of carbonyl (C=O) groups is 2. The minimum Gasteiger partial charge on any atom is -0.354 e. The monoisotopic (exact) mass is 362 g/mol. The number of ether oxygens (including phenoxy) is 1. The predicted molar refractivity (Wildman–Crippen MR) is 96.0 cm³/mol. The van der Waals surface area contributed by atoms with Gasteiger partial charge in [0.05, 0.1) is 12.2 Å². The first kappa shape index (κ1) is 18.8. The molecule has 1 aromatic carbocycles. The highest BCUT2D eigenvalue weighted by molar-refractivity contribution is 5.98. The molecular formula is C20H27FN2O3. The Bertz CT molecular complexity index is 671. The van der Waals surface area contributed by atoms with Gasteiger partial charge < -0.3 is 10.1 Å². The Labute approximate surface area is 153 Å². The zero-order valence-electron chi connectivity index (χ0n) is 15.5. The summed E-state index contributed by atoms with van der Waals surface area (Å²) in [6, 6.07) is 5.20. The fraction of sp³-hybridized carbons (Fsp3) is 0.600. The molecule has 0 radical (unpaired) electrons. The molecule has 5 nitrogen and oxygen atoms in total. The van der Waals surface area contributed by atoms with Crippen LogP contribution < -0.4 is 5.32 Å². The Balaban J connectivity index is 1.93. The van der Waals surface area contributed by atoms with Gasteiger partial charge in [0, 0.05) is 6.54 Å². The van der Waals surface area contributed by atoms with Crippen LogP contribution in [0.3, 0.4) is 0 Å². The molecule has 142 valence electrons. The van der Waals surface area contributed by atoms with Crippen molar-refractivity contribution in [1.82, 2.24) is 10.2 Å². The highest BCUT2D eigenvalue weighted by atomic mass is 19.1. The third kappa shape index (κ3) is 3.47. The quantitative estimate of drug-likeness (QED) is 0.895. The van der Waals surface area contributed by atoms with Gasteiger partial charge in [-0.3, -0.25) is 14.5 Å². The second-order valence-corrected chi connectivity index (χ2v) is 7.40. The Morgan fingerprint density at radius 1 is 1.31 bits per heavy atom. The number of amides is 2. The van der Waals surface area contributed by atoms with Crippen molar-refractivity contribution < 1.29 is 18.7 Å². The van der Waals surface area contributed by atoms with E-state index in [1.165, 1.54) is 17.0 Å². The van der Waals surface area contributed by atoms with Crippen LogP contribution in [0.25, 0.3) is 0 Å². The first-order chi connectivity index (χ1) is 12.5. The SMILES string of the molecule is CCCNC(=O)C1COC2(CCC(C)CC2)N1C(=O)c1ccccc1F. The second-order valence-electron chi connectivity index (χ2n) is 7.40. The highest BCUT2D eigenvalue weighted by Gasteiger charge is 2.53. The third-order valence-electron chi connectivity index (χ3n) is 5.49. The summed E-state index contributed by atoms with van der Waals surface area (Å²) in [5.74, 6) is -0.710. The lowest BCUT2D eigenvalue weighted by atomic mass is 9.83. The largest absolute Gasteiger partial charge is 0.354 e. The van der Waals surface area contributed by atoms with Crippen LogP contribution in [0.2, 0.25) is 0 Å². The van der Waals surface area contributed by atoms with E-state index >= 15 is 0 Å². The third-order valence-corrected chi connectivity index (χ3v) is 5.49. The van der Waals surface area contributed by atoms with Crippen LogP contribution in [0.5, 0.6) is 0 Å². The van der Waals surface area contributed by atoms with E-state index in [1.807, 2.05) is 6.92 Å². The summed E-state index contributed by atoms with van der Waals surface area (Å²) in [6.07, 6.45) is 4.00. The molecule has 0 aromatic heterocycles. The average Bonchev–Trinajstić information content (AvgIpc) is 3.01. The average molecular weight is 362 g/mol. The van der Waals surface area contributed by atoms with Gasteiger partial charge in [0.15, 0.2) is 0 Å². The molecule has 1 aliphatic heterocycles. The maximum absolute atomic E-state index is 14.3.